The molecule has 0 amide bonds. The van der Waals surface area contributed by atoms with Crippen LogP contribution in [0.2, 0.25) is 0 Å². The molecule has 29 heavy (non-hydrogen) atoms. The van der Waals surface area contributed by atoms with Crippen molar-refractivity contribution in [2.45, 2.75) is 46.3 Å². The first-order valence-corrected chi connectivity index (χ1v) is 8.91. The molecule has 1 rings (SSSR count). The largest absolute Gasteiger partial charge is 0.508 e. The van der Waals surface area contributed by atoms with Crippen LogP contribution in [-0.4, -0.2) is 54.5 Å². The van der Waals surface area contributed by atoms with Crippen molar-refractivity contribution in [2.24, 2.45) is 0 Å². The maximum atomic E-state index is 11.6. The maximum Gasteiger partial charge on any atom is 0.508 e. The highest BCUT2D eigenvalue weighted by Gasteiger charge is 2.21. The van der Waals surface area contributed by atoms with E-state index in [0.29, 0.717) is 5.56 Å². The van der Waals surface area contributed by atoms with Crippen LogP contribution in [-0.2, 0) is 30.3 Å². The predicted molar refractivity (Wildman–Crippen MR) is 99.8 cm³/mol. The number of ether oxygens (including phenoxy) is 4. The molecule has 0 saturated carbocycles. The number of carboxylic acids is 1. The van der Waals surface area contributed by atoms with Gasteiger partial charge in [-0.05, 0) is 38.0 Å². The van der Waals surface area contributed by atoms with Gasteiger partial charge in [0, 0.05) is 20.4 Å². The quantitative estimate of drug-likeness (QED) is 0.432. The van der Waals surface area contributed by atoms with Crippen LogP contribution in [0.5, 0.6) is 11.5 Å². The molecular weight excluding hydrogens is 386 g/mol. The molecule has 0 aromatic heterocycles. The predicted octanol–water partition coefficient (Wildman–Crippen LogP) is 1.68. The van der Waals surface area contributed by atoms with E-state index in [9.17, 15) is 24.3 Å². The fourth-order valence-corrected chi connectivity index (χ4v) is 2.30. The van der Waals surface area contributed by atoms with E-state index in [1.807, 2.05) is 0 Å². The van der Waals surface area contributed by atoms with Crippen LogP contribution in [0.4, 0.5) is 4.79 Å². The smallest absolute Gasteiger partial charge is 0.480 e. The molecule has 0 radical (unpaired) electrons. The Bertz CT molecular complexity index is 747. The molecule has 10 nitrogen and oxygen atoms in total. The number of nitrogens with one attached hydrogen (secondary N) is 1. The van der Waals surface area contributed by atoms with Gasteiger partial charge in [-0.15, -0.1) is 0 Å². The van der Waals surface area contributed by atoms with Gasteiger partial charge in [-0.25, -0.2) is 4.79 Å². The minimum Gasteiger partial charge on any atom is -0.480 e. The van der Waals surface area contributed by atoms with Crippen molar-refractivity contribution < 1.29 is 43.2 Å². The molecule has 0 aliphatic heterocycles. The highest BCUT2D eigenvalue weighted by atomic mass is 16.7. The number of carboxylic acid groups (broad SMARTS) is 1. The Labute approximate surface area is 168 Å². The molecule has 1 aromatic carbocycles. The number of carbonyl (C=O) groups is 4. The number of hydrogen-bond acceptors (Lipinski definition) is 9. The van der Waals surface area contributed by atoms with Crippen LogP contribution in [0, 0.1) is 0 Å². The Balaban J connectivity index is 2.84. The average Bonchev–Trinajstić information content (AvgIpc) is 2.59. The monoisotopic (exact) mass is 411 g/mol. The lowest BCUT2D eigenvalue weighted by atomic mass is 10.0. The zero-order chi connectivity index (χ0) is 22.0. The van der Waals surface area contributed by atoms with E-state index in [0.717, 1.165) is 0 Å². The summed E-state index contributed by atoms with van der Waals surface area (Å²) in [7, 11) is 0. The summed E-state index contributed by atoms with van der Waals surface area (Å²) in [6.07, 6.45) is -1.41. The number of benzene rings is 1. The lowest BCUT2D eigenvalue weighted by Gasteiger charge is -2.19. The molecule has 0 heterocycles. The van der Waals surface area contributed by atoms with Crippen molar-refractivity contribution >= 4 is 24.1 Å². The molecule has 0 bridgehead atoms. The van der Waals surface area contributed by atoms with Crippen molar-refractivity contribution in [2.75, 3.05) is 13.2 Å². The number of rotatable bonds is 10. The number of esters is 2. The summed E-state index contributed by atoms with van der Waals surface area (Å²) in [6.45, 7) is 5.88. The van der Waals surface area contributed by atoms with Gasteiger partial charge in [0.05, 0.1) is 6.61 Å². The van der Waals surface area contributed by atoms with Crippen LogP contribution in [0.1, 0.15) is 33.3 Å². The van der Waals surface area contributed by atoms with E-state index in [1.54, 1.807) is 19.9 Å². The van der Waals surface area contributed by atoms with Crippen molar-refractivity contribution in [1.82, 2.24) is 5.32 Å². The van der Waals surface area contributed by atoms with Gasteiger partial charge in [0.15, 0.2) is 11.5 Å². The zero-order valence-corrected chi connectivity index (χ0v) is 16.7. The van der Waals surface area contributed by atoms with Crippen LogP contribution >= 0.6 is 0 Å². The fraction of sp³-hybridized carbons (Fsp3) is 0.474. The Morgan fingerprint density at radius 2 is 1.69 bits per heavy atom. The van der Waals surface area contributed by atoms with Crippen molar-refractivity contribution in [3.63, 3.8) is 0 Å². The van der Waals surface area contributed by atoms with E-state index in [4.69, 9.17) is 14.2 Å². The number of hydrogen-bond donors (Lipinski definition) is 2. The van der Waals surface area contributed by atoms with Crippen LogP contribution in [0.15, 0.2) is 18.2 Å². The van der Waals surface area contributed by atoms with E-state index in [1.165, 1.54) is 26.0 Å². The lowest BCUT2D eigenvalue weighted by Crippen LogP contribution is -2.42. The number of carbonyl (C=O) groups excluding carboxylic acids is 3. The summed E-state index contributed by atoms with van der Waals surface area (Å²) in [6, 6.07) is 3.39. The third-order valence-electron chi connectivity index (χ3n) is 3.46. The summed E-state index contributed by atoms with van der Waals surface area (Å²) >= 11 is 0. The minimum atomic E-state index is -1.12. The van der Waals surface area contributed by atoms with Crippen molar-refractivity contribution in [3.8, 4) is 11.5 Å². The molecule has 2 atom stereocenters. The molecule has 0 aliphatic rings. The third kappa shape index (κ3) is 9.06. The molecule has 0 fully saturated rings. The second-order valence-electron chi connectivity index (χ2n) is 6.08. The molecule has 0 aliphatic carbocycles. The molecule has 160 valence electrons. The molecule has 2 N–H and O–H groups in total. The second kappa shape index (κ2) is 11.6. The van der Waals surface area contributed by atoms with Gasteiger partial charge in [-0.3, -0.25) is 14.4 Å². The first-order chi connectivity index (χ1) is 13.6. The van der Waals surface area contributed by atoms with E-state index < -0.39 is 36.2 Å². The van der Waals surface area contributed by atoms with Crippen LogP contribution in [0.25, 0.3) is 0 Å². The highest BCUT2D eigenvalue weighted by molar-refractivity contribution is 5.75. The minimum absolute atomic E-state index is 0.00773. The zero-order valence-electron chi connectivity index (χ0n) is 16.7. The van der Waals surface area contributed by atoms with Crippen molar-refractivity contribution in [1.29, 1.82) is 0 Å². The first-order valence-electron chi connectivity index (χ1n) is 8.91. The van der Waals surface area contributed by atoms with E-state index in [-0.39, 0.29) is 31.1 Å². The SMILES string of the molecule is CCOC(=O)OC(C)CN[C@@H](Cc1ccc(OC(C)=O)c(OC(C)=O)c1)C(=O)O. The third-order valence-corrected chi connectivity index (χ3v) is 3.46. The Morgan fingerprint density at radius 3 is 2.24 bits per heavy atom. The normalized spacial score (nSPS) is 12.4. The topological polar surface area (TPSA) is 137 Å². The highest BCUT2D eigenvalue weighted by Crippen LogP contribution is 2.29. The fourth-order valence-electron chi connectivity index (χ4n) is 2.30. The van der Waals surface area contributed by atoms with Gasteiger partial charge in [-0.1, -0.05) is 6.07 Å². The molecule has 10 heteroatoms. The summed E-state index contributed by atoms with van der Waals surface area (Å²) in [5.74, 6) is -2.27. The standard InChI is InChI=1S/C19H25NO9/c1-5-26-19(25)27-11(2)10-20-15(18(23)24)8-14-6-7-16(28-12(3)21)17(9-14)29-13(4)22/h6-7,9,11,15,20H,5,8,10H2,1-4H3,(H,23,24)/t11?,15-/m0/s1. The van der Waals surface area contributed by atoms with Gasteiger partial charge in [0.2, 0.25) is 0 Å². The second-order valence-corrected chi connectivity index (χ2v) is 6.08. The maximum absolute atomic E-state index is 11.6. The summed E-state index contributed by atoms with van der Waals surface area (Å²) < 4.78 is 19.6. The summed E-state index contributed by atoms with van der Waals surface area (Å²) in [4.78, 5) is 45.3. The van der Waals surface area contributed by atoms with E-state index in [2.05, 4.69) is 10.1 Å². The molecular formula is C19H25NO9. The number of aliphatic carboxylic acids is 1. The molecule has 1 aromatic rings. The van der Waals surface area contributed by atoms with E-state index >= 15 is 0 Å². The summed E-state index contributed by atoms with van der Waals surface area (Å²) in [5, 5.41) is 12.2. The Hall–Kier alpha value is -3.14. The van der Waals surface area contributed by atoms with Gasteiger partial charge < -0.3 is 29.4 Å². The summed E-state index contributed by atoms with van der Waals surface area (Å²) in [5.41, 5.74) is 0.524. The van der Waals surface area contributed by atoms with Crippen LogP contribution in [0.3, 0.4) is 0 Å². The first kappa shape index (κ1) is 23.9. The van der Waals surface area contributed by atoms with Crippen LogP contribution < -0.4 is 14.8 Å². The van der Waals surface area contributed by atoms with Crippen molar-refractivity contribution in [3.05, 3.63) is 23.8 Å². The Morgan fingerprint density at radius 1 is 1.07 bits per heavy atom. The molecule has 0 spiro atoms. The molecule has 0 saturated heterocycles. The van der Waals surface area contributed by atoms with Gasteiger partial charge in [0.25, 0.3) is 0 Å². The molecule has 1 unspecified atom stereocenters. The van der Waals surface area contributed by atoms with Gasteiger partial charge >= 0.3 is 24.1 Å². The lowest BCUT2D eigenvalue weighted by molar-refractivity contribution is -0.139. The average molecular weight is 411 g/mol. The Kier molecular flexibility index (Phi) is 9.60. The van der Waals surface area contributed by atoms with Gasteiger partial charge in [-0.2, -0.15) is 0 Å². The van der Waals surface area contributed by atoms with Gasteiger partial charge in [0.1, 0.15) is 12.1 Å².